The van der Waals surface area contributed by atoms with Crippen molar-refractivity contribution in [3.05, 3.63) is 66.7 Å². The first kappa shape index (κ1) is 24.7. The van der Waals surface area contributed by atoms with Crippen molar-refractivity contribution in [3.63, 3.8) is 0 Å². The average Bonchev–Trinajstić information content (AvgIpc) is 2.92. The van der Waals surface area contributed by atoms with E-state index in [1.807, 2.05) is 24.3 Å². The maximum Gasteiger partial charge on any atom is 0.229 e. The number of fused-ring (bicyclic) bond motifs is 1. The summed E-state index contributed by atoms with van der Waals surface area (Å²) in [6.07, 6.45) is 8.25. The fourth-order valence-corrected chi connectivity index (χ4v) is 4.45. The van der Waals surface area contributed by atoms with Crippen molar-refractivity contribution in [2.75, 3.05) is 44.0 Å². The topological polar surface area (TPSA) is 84.4 Å². The van der Waals surface area contributed by atoms with Gasteiger partial charge in [0.05, 0.1) is 31.1 Å². The first-order valence-corrected chi connectivity index (χ1v) is 12.6. The van der Waals surface area contributed by atoms with Crippen molar-refractivity contribution in [1.29, 1.82) is 0 Å². The smallest absolute Gasteiger partial charge is 0.229 e. The molecular formula is C28H31FN6O2. The predicted octanol–water partition coefficient (Wildman–Crippen LogP) is 5.91. The number of nitrogens with one attached hydrogen (secondary N) is 2. The number of pyridine rings is 1. The molecule has 3 heterocycles. The van der Waals surface area contributed by atoms with Gasteiger partial charge in [-0.2, -0.15) is 4.98 Å². The summed E-state index contributed by atoms with van der Waals surface area (Å²) in [5, 5.41) is 7.27. The van der Waals surface area contributed by atoms with E-state index in [1.165, 1.54) is 44.5 Å². The number of rotatable bonds is 10. The van der Waals surface area contributed by atoms with Gasteiger partial charge in [-0.1, -0.05) is 6.42 Å². The molecular weight excluding hydrogens is 471 g/mol. The van der Waals surface area contributed by atoms with Gasteiger partial charge in [-0.05, 0) is 68.8 Å². The van der Waals surface area contributed by atoms with Crippen molar-refractivity contribution in [2.45, 2.75) is 25.7 Å². The molecule has 2 aromatic heterocycles. The van der Waals surface area contributed by atoms with Crippen molar-refractivity contribution in [1.82, 2.24) is 19.9 Å². The Kier molecular flexibility index (Phi) is 7.90. The van der Waals surface area contributed by atoms with E-state index < -0.39 is 0 Å². The van der Waals surface area contributed by atoms with Crippen LogP contribution in [0.25, 0.3) is 10.9 Å². The number of anilines is 4. The van der Waals surface area contributed by atoms with Crippen LogP contribution >= 0.6 is 0 Å². The Labute approximate surface area is 215 Å². The third-order valence-corrected chi connectivity index (χ3v) is 6.32. The summed E-state index contributed by atoms with van der Waals surface area (Å²) >= 11 is 0. The molecule has 0 saturated carbocycles. The molecule has 2 aromatic carbocycles. The van der Waals surface area contributed by atoms with Gasteiger partial charge in [-0.3, -0.25) is 4.98 Å². The number of likely N-dealkylation sites (tertiary alicyclic amines) is 1. The maximum atomic E-state index is 13.4. The van der Waals surface area contributed by atoms with Crippen LogP contribution in [-0.4, -0.2) is 53.2 Å². The van der Waals surface area contributed by atoms with Gasteiger partial charge in [0.1, 0.15) is 11.6 Å². The van der Waals surface area contributed by atoms with Gasteiger partial charge in [0.15, 0.2) is 11.5 Å². The van der Waals surface area contributed by atoms with Crippen molar-refractivity contribution < 1.29 is 13.9 Å². The summed E-state index contributed by atoms with van der Waals surface area (Å²) in [5.41, 5.74) is 2.12. The number of hydrogen-bond donors (Lipinski definition) is 2. The van der Waals surface area contributed by atoms with E-state index in [2.05, 4.69) is 30.5 Å². The van der Waals surface area contributed by atoms with E-state index in [0.29, 0.717) is 35.4 Å². The third-order valence-electron chi connectivity index (χ3n) is 6.32. The van der Waals surface area contributed by atoms with Gasteiger partial charge in [0.2, 0.25) is 5.95 Å². The summed E-state index contributed by atoms with van der Waals surface area (Å²) in [6.45, 7) is 4.11. The summed E-state index contributed by atoms with van der Waals surface area (Å²) in [4.78, 5) is 15.7. The highest BCUT2D eigenvalue weighted by Gasteiger charge is 2.11. The van der Waals surface area contributed by atoms with Gasteiger partial charge >= 0.3 is 0 Å². The Morgan fingerprint density at radius 2 is 1.81 bits per heavy atom. The normalized spacial score (nSPS) is 13.9. The van der Waals surface area contributed by atoms with E-state index in [0.717, 1.165) is 29.7 Å². The standard InChI is InChI=1S/C28H31FN6O2/c1-36-26-18-22(8-9-25(26)37-15-5-14-35-12-3-2-4-13-35)33-28-30-11-10-27(34-28)32-23-16-20-6-7-21(29)17-24(20)31-19-23/h6-11,16-19H,2-5,12-15H2,1H3,(H2,30,32,33,34). The lowest BCUT2D eigenvalue weighted by Crippen LogP contribution is -2.31. The Morgan fingerprint density at radius 1 is 0.919 bits per heavy atom. The van der Waals surface area contributed by atoms with Gasteiger partial charge in [0.25, 0.3) is 0 Å². The second-order valence-corrected chi connectivity index (χ2v) is 9.05. The molecule has 0 unspecified atom stereocenters. The number of nitrogens with zero attached hydrogens (tertiary/aromatic N) is 4. The van der Waals surface area contributed by atoms with E-state index in [-0.39, 0.29) is 5.82 Å². The molecule has 4 aromatic rings. The molecule has 0 atom stereocenters. The summed E-state index contributed by atoms with van der Waals surface area (Å²) in [5.74, 6) is 2.08. The third kappa shape index (κ3) is 6.62. The molecule has 0 spiro atoms. The number of piperidine rings is 1. The predicted molar refractivity (Wildman–Crippen MR) is 144 cm³/mol. The van der Waals surface area contributed by atoms with Crippen molar-refractivity contribution in [3.8, 4) is 11.5 Å². The Hall–Kier alpha value is -3.98. The number of benzene rings is 2. The quantitative estimate of drug-likeness (QED) is 0.259. The zero-order valence-electron chi connectivity index (χ0n) is 20.9. The molecule has 0 amide bonds. The van der Waals surface area contributed by atoms with E-state index >= 15 is 0 Å². The minimum Gasteiger partial charge on any atom is -0.493 e. The molecule has 37 heavy (non-hydrogen) atoms. The van der Waals surface area contributed by atoms with Crippen LogP contribution in [0.4, 0.5) is 27.5 Å². The van der Waals surface area contributed by atoms with Gasteiger partial charge in [-0.25, -0.2) is 9.37 Å². The summed E-state index contributed by atoms with van der Waals surface area (Å²) in [6, 6.07) is 13.9. The second-order valence-electron chi connectivity index (χ2n) is 9.05. The molecule has 8 nitrogen and oxygen atoms in total. The molecule has 1 fully saturated rings. The Bertz CT molecular complexity index is 1350. The number of ether oxygens (including phenoxy) is 2. The van der Waals surface area contributed by atoms with E-state index in [1.54, 1.807) is 31.6 Å². The first-order valence-electron chi connectivity index (χ1n) is 12.6. The highest BCUT2D eigenvalue weighted by atomic mass is 19.1. The van der Waals surface area contributed by atoms with Gasteiger partial charge in [-0.15, -0.1) is 0 Å². The van der Waals surface area contributed by atoms with Crippen LogP contribution in [0.3, 0.4) is 0 Å². The lowest BCUT2D eigenvalue weighted by molar-refractivity contribution is 0.203. The van der Waals surface area contributed by atoms with Crippen LogP contribution in [0.15, 0.2) is 60.9 Å². The molecule has 9 heteroatoms. The van der Waals surface area contributed by atoms with Crippen molar-refractivity contribution >= 4 is 34.0 Å². The van der Waals surface area contributed by atoms with Crippen LogP contribution < -0.4 is 20.1 Å². The van der Waals surface area contributed by atoms with Gasteiger partial charge in [0, 0.05) is 35.9 Å². The molecule has 0 aliphatic carbocycles. The molecule has 0 bridgehead atoms. The highest BCUT2D eigenvalue weighted by Crippen LogP contribution is 2.31. The Balaban J connectivity index is 1.19. The van der Waals surface area contributed by atoms with Gasteiger partial charge < -0.3 is 25.0 Å². The lowest BCUT2D eigenvalue weighted by Gasteiger charge is -2.26. The number of methoxy groups -OCH3 is 1. The molecule has 0 radical (unpaired) electrons. The zero-order valence-corrected chi connectivity index (χ0v) is 20.9. The molecule has 5 rings (SSSR count). The highest BCUT2D eigenvalue weighted by molar-refractivity contribution is 5.82. The van der Waals surface area contributed by atoms with E-state index in [9.17, 15) is 4.39 Å². The largest absolute Gasteiger partial charge is 0.493 e. The Morgan fingerprint density at radius 3 is 2.68 bits per heavy atom. The maximum absolute atomic E-state index is 13.4. The number of aromatic nitrogens is 3. The molecule has 2 N–H and O–H groups in total. The minimum atomic E-state index is -0.309. The number of hydrogen-bond acceptors (Lipinski definition) is 8. The van der Waals surface area contributed by atoms with Crippen LogP contribution in [-0.2, 0) is 0 Å². The molecule has 1 saturated heterocycles. The fourth-order valence-electron chi connectivity index (χ4n) is 4.45. The summed E-state index contributed by atoms with van der Waals surface area (Å²) < 4.78 is 25.0. The SMILES string of the molecule is COc1cc(Nc2nccc(Nc3cnc4cc(F)ccc4c3)n2)ccc1OCCCN1CCCCC1. The number of halogens is 1. The second kappa shape index (κ2) is 11.8. The zero-order chi connectivity index (χ0) is 25.5. The first-order chi connectivity index (χ1) is 18.2. The van der Waals surface area contributed by atoms with Crippen LogP contribution in [0.2, 0.25) is 0 Å². The monoisotopic (exact) mass is 502 g/mol. The molecule has 192 valence electrons. The van der Waals surface area contributed by atoms with Crippen molar-refractivity contribution in [2.24, 2.45) is 0 Å². The molecule has 1 aliphatic heterocycles. The lowest BCUT2D eigenvalue weighted by atomic mass is 10.1. The van der Waals surface area contributed by atoms with E-state index in [4.69, 9.17) is 9.47 Å². The summed E-state index contributed by atoms with van der Waals surface area (Å²) in [7, 11) is 1.63. The van der Waals surface area contributed by atoms with Crippen LogP contribution in [0.5, 0.6) is 11.5 Å². The fraction of sp³-hybridized carbons (Fsp3) is 0.321. The minimum absolute atomic E-state index is 0.309. The average molecular weight is 503 g/mol. The van der Waals surface area contributed by atoms with Crippen LogP contribution in [0.1, 0.15) is 25.7 Å². The van der Waals surface area contributed by atoms with Crippen LogP contribution in [0, 0.1) is 5.82 Å². The molecule has 1 aliphatic rings.